The van der Waals surface area contributed by atoms with E-state index in [1.54, 1.807) is 41.7 Å². The molecule has 0 aromatic heterocycles. The molecule has 0 radical (unpaired) electrons. The van der Waals surface area contributed by atoms with E-state index in [2.05, 4.69) is 74.5 Å². The molecule has 1 fully saturated rings. The van der Waals surface area contributed by atoms with Crippen molar-refractivity contribution in [1.82, 2.24) is 0 Å². The van der Waals surface area contributed by atoms with Gasteiger partial charge in [0, 0.05) is 0 Å². The summed E-state index contributed by atoms with van der Waals surface area (Å²) in [5, 5.41) is 0. The van der Waals surface area contributed by atoms with Gasteiger partial charge in [-0.2, -0.15) is 0 Å². The number of benzene rings is 2. The fourth-order valence-electron chi connectivity index (χ4n) is 5.96. The van der Waals surface area contributed by atoms with Gasteiger partial charge in [-0.1, -0.05) is 0 Å². The van der Waals surface area contributed by atoms with Crippen LogP contribution in [0.4, 0.5) is 0 Å². The van der Waals surface area contributed by atoms with Crippen molar-refractivity contribution in [2.24, 2.45) is 0 Å². The first-order chi connectivity index (χ1) is 14.3. The van der Waals surface area contributed by atoms with Crippen LogP contribution in [0.2, 0.25) is 8.26 Å². The fraction of sp³-hybridized carbons (Fsp3) is 0.429. The number of hydrogen-bond acceptors (Lipinski definition) is 0. The maximum Gasteiger partial charge on any atom is -1.00 e. The van der Waals surface area contributed by atoms with Gasteiger partial charge in [-0.15, -0.1) is 0 Å². The second-order valence-electron chi connectivity index (χ2n) is 9.45. The van der Waals surface area contributed by atoms with Gasteiger partial charge in [-0.05, 0) is 0 Å². The van der Waals surface area contributed by atoms with E-state index in [0.29, 0.717) is 0 Å². The Hall–Kier alpha value is -0.617. The zero-order valence-corrected chi connectivity index (χ0v) is 22.8. The number of hydrogen-bond donors (Lipinski definition) is 0. The van der Waals surface area contributed by atoms with E-state index in [1.807, 2.05) is 0 Å². The smallest absolute Gasteiger partial charge is 1.00 e. The number of fused-ring (bicyclic) bond motifs is 2. The minimum atomic E-state index is -2.33. The van der Waals surface area contributed by atoms with Crippen LogP contribution >= 0.6 is 0 Å². The molecule has 2 aromatic rings. The molecule has 2 atom stereocenters. The summed E-state index contributed by atoms with van der Waals surface area (Å²) in [5.74, 6) is 0. The van der Waals surface area contributed by atoms with Gasteiger partial charge in [-0.25, -0.2) is 0 Å². The van der Waals surface area contributed by atoms with Crippen molar-refractivity contribution < 1.29 is 45.1 Å². The molecular formula is C28H34Cl2Zr. The van der Waals surface area contributed by atoms with E-state index in [-0.39, 0.29) is 24.8 Å². The number of unbranched alkanes of at least 4 members (excludes halogenated alkanes) is 2. The van der Waals surface area contributed by atoms with Gasteiger partial charge >= 0.3 is 182 Å². The Morgan fingerprint density at radius 1 is 0.677 bits per heavy atom. The predicted molar refractivity (Wildman–Crippen MR) is 123 cm³/mol. The average molecular weight is 533 g/mol. The summed E-state index contributed by atoms with van der Waals surface area (Å²) in [6, 6.07) is 18.8. The van der Waals surface area contributed by atoms with Crippen molar-refractivity contribution in [3.8, 4) is 0 Å². The molecule has 2 unspecified atom stereocenters. The van der Waals surface area contributed by atoms with Crippen molar-refractivity contribution in [1.29, 1.82) is 0 Å². The van der Waals surface area contributed by atoms with Gasteiger partial charge in [-0.3, -0.25) is 0 Å². The summed E-state index contributed by atoms with van der Waals surface area (Å²) in [4.78, 5) is 0. The van der Waals surface area contributed by atoms with Crippen LogP contribution in [0, 0.1) is 0 Å². The van der Waals surface area contributed by atoms with E-state index >= 15 is 0 Å². The van der Waals surface area contributed by atoms with Crippen molar-refractivity contribution >= 4 is 11.1 Å². The molecule has 0 N–H and O–H groups in total. The van der Waals surface area contributed by atoms with Gasteiger partial charge in [0.25, 0.3) is 0 Å². The number of halogens is 2. The summed E-state index contributed by atoms with van der Waals surface area (Å²) in [5.41, 5.74) is 9.90. The van der Waals surface area contributed by atoms with Crippen molar-refractivity contribution in [2.75, 3.05) is 0 Å². The average Bonchev–Trinajstić information content (AvgIpc) is 3.35. The molecular weight excluding hydrogens is 498 g/mol. The molecule has 0 spiro atoms. The molecule has 164 valence electrons. The van der Waals surface area contributed by atoms with E-state index < -0.39 is 20.3 Å². The number of rotatable bonds is 8. The molecule has 0 bridgehead atoms. The molecule has 2 aliphatic carbocycles. The van der Waals surface area contributed by atoms with Crippen molar-refractivity contribution in [3.63, 3.8) is 0 Å². The van der Waals surface area contributed by atoms with Crippen LogP contribution in [0.15, 0.2) is 60.7 Å². The molecule has 5 rings (SSSR count). The molecule has 3 aliphatic rings. The van der Waals surface area contributed by atoms with Crippen LogP contribution in [-0.4, -0.2) is 0 Å². The minimum absolute atomic E-state index is 0. The van der Waals surface area contributed by atoms with Crippen LogP contribution in [0.3, 0.4) is 0 Å². The molecule has 0 saturated carbocycles. The van der Waals surface area contributed by atoms with Crippen LogP contribution in [-0.2, 0) is 20.3 Å². The maximum atomic E-state index is 2.77. The Morgan fingerprint density at radius 3 is 1.48 bits per heavy atom. The zero-order chi connectivity index (χ0) is 19.8. The van der Waals surface area contributed by atoms with Gasteiger partial charge in [0.15, 0.2) is 0 Å². The van der Waals surface area contributed by atoms with E-state index in [0.717, 1.165) is 7.25 Å². The summed E-state index contributed by atoms with van der Waals surface area (Å²) in [6.45, 7) is 4.64. The Balaban J connectivity index is 0.00000136. The summed E-state index contributed by atoms with van der Waals surface area (Å²) in [7, 11) is 0. The molecule has 0 nitrogen and oxygen atoms in total. The normalized spacial score (nSPS) is 20.8. The van der Waals surface area contributed by atoms with Gasteiger partial charge in [0.05, 0.1) is 0 Å². The van der Waals surface area contributed by atoms with Crippen LogP contribution in [0.5, 0.6) is 0 Å². The van der Waals surface area contributed by atoms with Gasteiger partial charge in [0.2, 0.25) is 0 Å². The fourth-order valence-corrected chi connectivity index (χ4v) is 21.8. The standard InChI is InChI=1S/2C13H15.C2H4.2ClH.Zr/c2*1-2-3-6-11-9-10-12-7-4-5-8-13(11)12;1-2;;;/h2*4-5,7-10H,2-3,6H2,1H3;1-2H2;2*1H;/q;;;;;+2/p-2. The van der Waals surface area contributed by atoms with E-state index in [9.17, 15) is 0 Å². The summed E-state index contributed by atoms with van der Waals surface area (Å²) >= 11 is -2.33. The molecule has 31 heavy (non-hydrogen) atoms. The Labute approximate surface area is 205 Å². The zero-order valence-electron chi connectivity index (χ0n) is 18.8. The number of allylic oxidation sites excluding steroid dienone is 4. The largest absolute Gasteiger partial charge is 1.00 e. The van der Waals surface area contributed by atoms with Crippen LogP contribution in [0.1, 0.15) is 81.9 Å². The molecule has 1 saturated heterocycles. The molecule has 3 heteroatoms. The van der Waals surface area contributed by atoms with E-state index in [4.69, 9.17) is 0 Å². The Morgan fingerprint density at radius 2 is 1.10 bits per heavy atom. The van der Waals surface area contributed by atoms with Gasteiger partial charge < -0.3 is 24.8 Å². The third kappa shape index (κ3) is 4.45. The maximum absolute atomic E-state index is 2.77. The molecule has 1 heterocycles. The third-order valence-corrected chi connectivity index (χ3v) is 20.2. The van der Waals surface area contributed by atoms with Crippen LogP contribution in [0.25, 0.3) is 11.1 Å². The summed E-state index contributed by atoms with van der Waals surface area (Å²) in [6.07, 6.45) is 13.3. The third-order valence-electron chi connectivity index (χ3n) is 7.68. The SMILES string of the molecule is CCCCC1=C[CH]([Zr+2]2([CH]3C=C(CCCC)c4ccccc43)[CH2][CH2]2)c2ccccc21.[Cl-].[Cl-]. The van der Waals surface area contributed by atoms with E-state index in [1.165, 1.54) is 38.5 Å². The minimum Gasteiger partial charge on any atom is -1.00 e. The second-order valence-corrected chi connectivity index (χ2v) is 21.0. The molecule has 0 amide bonds. The van der Waals surface area contributed by atoms with Crippen molar-refractivity contribution in [2.45, 2.75) is 67.9 Å². The van der Waals surface area contributed by atoms with Gasteiger partial charge in [0.1, 0.15) is 0 Å². The quantitative estimate of drug-likeness (QED) is 0.491. The summed E-state index contributed by atoms with van der Waals surface area (Å²) < 4.78 is 4.74. The van der Waals surface area contributed by atoms with Crippen molar-refractivity contribution in [3.05, 3.63) is 82.9 Å². The Kier molecular flexibility index (Phi) is 8.51. The first-order valence-corrected chi connectivity index (χ1v) is 18.2. The Bertz CT molecular complexity index is 895. The second kappa shape index (κ2) is 10.5. The topological polar surface area (TPSA) is 0 Å². The predicted octanol–water partition coefficient (Wildman–Crippen LogP) is 2.66. The molecule has 2 aromatic carbocycles. The first-order valence-electron chi connectivity index (χ1n) is 11.9. The van der Waals surface area contributed by atoms with Crippen LogP contribution < -0.4 is 24.8 Å². The first kappa shape index (κ1) is 25.0. The molecule has 1 aliphatic heterocycles. The monoisotopic (exact) mass is 530 g/mol.